The average molecular weight is 209 g/mol. The Bertz CT molecular complexity index is 435. The van der Waals surface area contributed by atoms with Crippen molar-refractivity contribution in [1.29, 1.82) is 0 Å². The molecule has 14 heavy (non-hydrogen) atoms. The molecule has 2 aromatic heterocycles. The minimum Gasteiger partial charge on any atom is -0.477 e. The first-order valence-corrected chi connectivity index (χ1v) is 4.72. The minimum atomic E-state index is -0.889. The summed E-state index contributed by atoms with van der Waals surface area (Å²) in [5.41, 5.74) is 0. The third kappa shape index (κ3) is 1.80. The van der Waals surface area contributed by atoms with Gasteiger partial charge in [-0.05, 0) is 12.1 Å². The zero-order valence-electron chi connectivity index (χ0n) is 7.12. The van der Waals surface area contributed by atoms with Crippen LogP contribution in [0, 0.1) is 0 Å². The predicted molar refractivity (Wildman–Crippen MR) is 50.4 cm³/mol. The second-order valence-corrected chi connectivity index (χ2v) is 3.83. The van der Waals surface area contributed by atoms with Crippen molar-refractivity contribution in [2.24, 2.45) is 0 Å². The van der Waals surface area contributed by atoms with Crippen molar-refractivity contribution in [3.63, 3.8) is 0 Å². The van der Waals surface area contributed by atoms with Gasteiger partial charge in [0.05, 0.1) is 6.54 Å². The van der Waals surface area contributed by atoms with Crippen molar-refractivity contribution in [3.8, 4) is 0 Å². The fourth-order valence-corrected chi connectivity index (χ4v) is 1.89. The van der Waals surface area contributed by atoms with Gasteiger partial charge in [0.2, 0.25) is 0 Å². The second-order valence-electron chi connectivity index (χ2n) is 2.66. The van der Waals surface area contributed by atoms with Crippen LogP contribution in [0.3, 0.4) is 0 Å². The highest BCUT2D eigenvalue weighted by Gasteiger charge is 2.06. The van der Waals surface area contributed by atoms with Crippen molar-refractivity contribution in [2.75, 3.05) is 0 Å². The van der Waals surface area contributed by atoms with E-state index in [1.807, 2.05) is 0 Å². The van der Waals surface area contributed by atoms with E-state index in [2.05, 4.69) is 10.1 Å². The van der Waals surface area contributed by atoms with E-state index in [0.717, 1.165) is 4.88 Å². The van der Waals surface area contributed by atoms with Gasteiger partial charge in [-0.15, -0.1) is 11.3 Å². The molecule has 0 saturated heterocycles. The smallest absolute Gasteiger partial charge is 0.345 e. The molecule has 0 aliphatic rings. The van der Waals surface area contributed by atoms with E-state index < -0.39 is 5.97 Å². The van der Waals surface area contributed by atoms with Crippen LogP contribution in [-0.4, -0.2) is 25.8 Å². The quantitative estimate of drug-likeness (QED) is 0.821. The molecule has 2 rings (SSSR count). The molecular formula is C8H7N3O2S. The molecule has 0 aromatic carbocycles. The molecule has 0 aliphatic heterocycles. The van der Waals surface area contributed by atoms with E-state index in [1.54, 1.807) is 23.1 Å². The lowest BCUT2D eigenvalue weighted by molar-refractivity contribution is 0.0702. The largest absolute Gasteiger partial charge is 0.477 e. The van der Waals surface area contributed by atoms with Crippen LogP contribution in [0.15, 0.2) is 24.8 Å². The Labute approximate surface area is 83.6 Å². The third-order valence-corrected chi connectivity index (χ3v) is 2.71. The SMILES string of the molecule is O=C(O)c1ccc(Cn2cncn2)s1. The maximum atomic E-state index is 10.6. The van der Waals surface area contributed by atoms with Crippen LogP contribution >= 0.6 is 11.3 Å². The Morgan fingerprint density at radius 2 is 2.43 bits per heavy atom. The standard InChI is InChI=1S/C8H7N3O2S/c12-8(13)7-2-1-6(14-7)3-11-5-9-4-10-11/h1-2,4-5H,3H2,(H,12,13). The zero-order valence-corrected chi connectivity index (χ0v) is 7.94. The van der Waals surface area contributed by atoms with Crippen LogP contribution < -0.4 is 0 Å². The van der Waals surface area contributed by atoms with E-state index in [4.69, 9.17) is 5.11 Å². The summed E-state index contributed by atoms with van der Waals surface area (Å²) >= 11 is 1.25. The number of carboxylic acids is 1. The fourth-order valence-electron chi connectivity index (χ4n) is 1.05. The highest BCUT2D eigenvalue weighted by Crippen LogP contribution is 2.16. The summed E-state index contributed by atoms with van der Waals surface area (Å²) in [5, 5.41) is 12.6. The van der Waals surface area contributed by atoms with Gasteiger partial charge in [0.15, 0.2) is 0 Å². The van der Waals surface area contributed by atoms with E-state index in [9.17, 15) is 4.79 Å². The number of carboxylic acid groups (broad SMARTS) is 1. The lowest BCUT2D eigenvalue weighted by Gasteiger charge is -1.94. The Kier molecular flexibility index (Phi) is 2.28. The molecule has 0 unspecified atom stereocenters. The first-order valence-electron chi connectivity index (χ1n) is 3.90. The zero-order chi connectivity index (χ0) is 9.97. The first kappa shape index (κ1) is 8.89. The van der Waals surface area contributed by atoms with Gasteiger partial charge in [-0.1, -0.05) is 0 Å². The number of thiophene rings is 1. The average Bonchev–Trinajstić information content (AvgIpc) is 2.75. The summed E-state index contributed by atoms with van der Waals surface area (Å²) in [4.78, 5) is 15.7. The monoisotopic (exact) mass is 209 g/mol. The number of nitrogens with zero attached hydrogens (tertiary/aromatic N) is 3. The molecule has 0 saturated carbocycles. The maximum Gasteiger partial charge on any atom is 0.345 e. The van der Waals surface area contributed by atoms with Crippen LogP contribution in [0.2, 0.25) is 0 Å². The summed E-state index contributed by atoms with van der Waals surface area (Å²) in [7, 11) is 0. The Hall–Kier alpha value is -1.69. The van der Waals surface area contributed by atoms with E-state index in [0.29, 0.717) is 11.4 Å². The summed E-state index contributed by atoms with van der Waals surface area (Å²) in [6.07, 6.45) is 3.05. The number of rotatable bonds is 3. The molecule has 0 radical (unpaired) electrons. The van der Waals surface area contributed by atoms with E-state index in [-0.39, 0.29) is 0 Å². The summed E-state index contributed by atoms with van der Waals surface area (Å²) < 4.78 is 1.65. The molecule has 0 bridgehead atoms. The molecule has 0 amide bonds. The molecule has 0 atom stereocenters. The number of aromatic nitrogens is 3. The van der Waals surface area contributed by atoms with E-state index in [1.165, 1.54) is 17.7 Å². The van der Waals surface area contributed by atoms with Gasteiger partial charge in [-0.25, -0.2) is 14.5 Å². The van der Waals surface area contributed by atoms with Gasteiger partial charge in [-0.2, -0.15) is 5.10 Å². The second kappa shape index (κ2) is 3.59. The highest BCUT2D eigenvalue weighted by molar-refractivity contribution is 7.13. The molecule has 5 nitrogen and oxygen atoms in total. The van der Waals surface area contributed by atoms with Gasteiger partial charge in [0.1, 0.15) is 17.5 Å². The summed E-state index contributed by atoms with van der Waals surface area (Å²) in [5.74, 6) is -0.889. The van der Waals surface area contributed by atoms with Crippen LogP contribution in [0.25, 0.3) is 0 Å². The molecule has 2 heterocycles. The predicted octanol–water partition coefficient (Wildman–Crippen LogP) is 1.09. The summed E-state index contributed by atoms with van der Waals surface area (Å²) in [6, 6.07) is 3.38. The van der Waals surface area contributed by atoms with Crippen molar-refractivity contribution in [3.05, 3.63) is 34.5 Å². The molecule has 72 valence electrons. The first-order chi connectivity index (χ1) is 6.75. The summed E-state index contributed by atoms with van der Waals surface area (Å²) in [6.45, 7) is 0.567. The van der Waals surface area contributed by atoms with Crippen molar-refractivity contribution in [1.82, 2.24) is 14.8 Å². The van der Waals surface area contributed by atoms with Gasteiger partial charge in [-0.3, -0.25) is 0 Å². The minimum absolute atomic E-state index is 0.347. The number of carbonyl (C=O) groups is 1. The van der Waals surface area contributed by atoms with Gasteiger partial charge in [0, 0.05) is 4.88 Å². The van der Waals surface area contributed by atoms with Crippen LogP contribution in [0.4, 0.5) is 0 Å². The topological polar surface area (TPSA) is 68.0 Å². The van der Waals surface area contributed by atoms with Crippen molar-refractivity contribution < 1.29 is 9.90 Å². The van der Waals surface area contributed by atoms with E-state index >= 15 is 0 Å². The Morgan fingerprint density at radius 1 is 1.57 bits per heavy atom. The van der Waals surface area contributed by atoms with Crippen LogP contribution in [0.1, 0.15) is 14.5 Å². The van der Waals surface area contributed by atoms with Crippen molar-refractivity contribution >= 4 is 17.3 Å². The maximum absolute atomic E-state index is 10.6. The van der Waals surface area contributed by atoms with Gasteiger partial charge < -0.3 is 5.11 Å². The van der Waals surface area contributed by atoms with Crippen LogP contribution in [0.5, 0.6) is 0 Å². The van der Waals surface area contributed by atoms with Gasteiger partial charge >= 0.3 is 5.97 Å². The molecule has 2 aromatic rings. The number of hydrogen-bond donors (Lipinski definition) is 1. The number of hydrogen-bond acceptors (Lipinski definition) is 4. The molecule has 6 heteroatoms. The lowest BCUT2D eigenvalue weighted by atomic mass is 10.4. The lowest BCUT2D eigenvalue weighted by Crippen LogP contribution is -1.97. The molecular weight excluding hydrogens is 202 g/mol. The third-order valence-electron chi connectivity index (χ3n) is 1.66. The van der Waals surface area contributed by atoms with Crippen LogP contribution in [-0.2, 0) is 6.54 Å². The number of aromatic carboxylic acids is 1. The fraction of sp³-hybridized carbons (Fsp3) is 0.125. The molecule has 0 spiro atoms. The highest BCUT2D eigenvalue weighted by atomic mass is 32.1. The molecule has 0 aliphatic carbocycles. The normalized spacial score (nSPS) is 10.3. The van der Waals surface area contributed by atoms with Crippen molar-refractivity contribution in [2.45, 2.75) is 6.54 Å². The van der Waals surface area contributed by atoms with Gasteiger partial charge in [0.25, 0.3) is 0 Å². The Morgan fingerprint density at radius 3 is 3.00 bits per heavy atom. The molecule has 1 N–H and O–H groups in total. The Balaban J connectivity index is 2.14. The molecule has 0 fully saturated rings.